The van der Waals surface area contributed by atoms with Crippen molar-refractivity contribution in [1.82, 2.24) is 0 Å². The van der Waals surface area contributed by atoms with Crippen molar-refractivity contribution in [2.24, 2.45) is 0 Å². The van der Waals surface area contributed by atoms with Gasteiger partial charge in [0.15, 0.2) is 6.10 Å². The average Bonchev–Trinajstić information content (AvgIpc) is 2.43. The summed E-state index contributed by atoms with van der Waals surface area (Å²) in [4.78, 5) is 12.1. The Bertz CT molecular complexity index is 658. The fourth-order valence-electron chi connectivity index (χ4n) is 1.81. The molecule has 0 aliphatic rings. The fourth-order valence-corrected chi connectivity index (χ4v) is 1.97. The van der Waals surface area contributed by atoms with Crippen molar-refractivity contribution >= 4 is 28.9 Å². The molecule has 0 aromatic heterocycles. The number of hydrogen-bond acceptors (Lipinski definition) is 3. The number of nitrogens with two attached hydrogens (primary N) is 1. The molecule has 1 unspecified atom stereocenters. The molecular weight excluding hydrogens is 288 g/mol. The van der Waals surface area contributed by atoms with E-state index in [1.807, 2.05) is 13.0 Å². The number of benzene rings is 2. The molecular formula is C16H17ClN2O2. The Labute approximate surface area is 128 Å². The highest BCUT2D eigenvalue weighted by Gasteiger charge is 2.16. The van der Waals surface area contributed by atoms with E-state index < -0.39 is 6.10 Å². The second-order valence-corrected chi connectivity index (χ2v) is 5.22. The fraction of sp³-hybridized carbons (Fsp3) is 0.188. The molecule has 0 aliphatic heterocycles. The van der Waals surface area contributed by atoms with Crippen LogP contribution in [0.5, 0.6) is 5.75 Å². The Morgan fingerprint density at radius 3 is 2.76 bits per heavy atom. The highest BCUT2D eigenvalue weighted by Crippen LogP contribution is 2.26. The van der Waals surface area contributed by atoms with E-state index in [0.29, 0.717) is 22.1 Å². The molecule has 0 heterocycles. The molecule has 5 heteroatoms. The summed E-state index contributed by atoms with van der Waals surface area (Å²) in [6, 6.07) is 12.4. The van der Waals surface area contributed by atoms with Gasteiger partial charge in [-0.1, -0.05) is 23.7 Å². The predicted octanol–water partition coefficient (Wildman–Crippen LogP) is 3.64. The molecule has 0 radical (unpaired) electrons. The number of carbonyl (C=O) groups excluding carboxylic acids is 1. The van der Waals surface area contributed by atoms with Gasteiger partial charge >= 0.3 is 0 Å². The van der Waals surface area contributed by atoms with Crippen LogP contribution in [0.25, 0.3) is 0 Å². The number of hydrogen-bond donors (Lipinski definition) is 2. The zero-order valence-electron chi connectivity index (χ0n) is 11.9. The summed E-state index contributed by atoms with van der Waals surface area (Å²) < 4.78 is 5.61. The number of amides is 1. The average molecular weight is 305 g/mol. The van der Waals surface area contributed by atoms with Gasteiger partial charge in [-0.3, -0.25) is 4.79 Å². The van der Waals surface area contributed by atoms with Crippen LogP contribution in [-0.4, -0.2) is 12.0 Å². The molecule has 21 heavy (non-hydrogen) atoms. The van der Waals surface area contributed by atoms with Crippen LogP contribution in [0.2, 0.25) is 5.02 Å². The molecule has 1 atom stereocenters. The molecule has 0 spiro atoms. The first kappa shape index (κ1) is 15.2. The van der Waals surface area contributed by atoms with Crippen molar-refractivity contribution in [3.05, 3.63) is 53.1 Å². The van der Waals surface area contributed by atoms with E-state index in [1.54, 1.807) is 43.3 Å². The first-order valence-corrected chi connectivity index (χ1v) is 6.92. The number of nitrogen functional groups attached to an aromatic ring is 1. The van der Waals surface area contributed by atoms with E-state index in [1.165, 1.54) is 0 Å². The van der Waals surface area contributed by atoms with E-state index in [0.717, 1.165) is 5.56 Å². The predicted molar refractivity (Wildman–Crippen MR) is 85.8 cm³/mol. The highest BCUT2D eigenvalue weighted by atomic mass is 35.5. The van der Waals surface area contributed by atoms with Gasteiger partial charge in [0.2, 0.25) is 0 Å². The van der Waals surface area contributed by atoms with Crippen molar-refractivity contribution < 1.29 is 9.53 Å². The van der Waals surface area contributed by atoms with Crippen LogP contribution in [0.1, 0.15) is 12.5 Å². The minimum Gasteiger partial charge on any atom is -0.479 e. The Morgan fingerprint density at radius 1 is 1.29 bits per heavy atom. The minimum atomic E-state index is -0.675. The second kappa shape index (κ2) is 6.50. The van der Waals surface area contributed by atoms with Crippen molar-refractivity contribution in [2.75, 3.05) is 11.1 Å². The number of rotatable bonds is 4. The molecule has 0 saturated heterocycles. The number of aryl methyl sites for hydroxylation is 1. The van der Waals surface area contributed by atoms with Crippen molar-refractivity contribution in [3.8, 4) is 5.75 Å². The zero-order chi connectivity index (χ0) is 15.4. The highest BCUT2D eigenvalue weighted by molar-refractivity contribution is 6.32. The van der Waals surface area contributed by atoms with Crippen LogP contribution in [-0.2, 0) is 4.79 Å². The van der Waals surface area contributed by atoms with E-state index in [4.69, 9.17) is 22.1 Å². The molecule has 110 valence electrons. The normalized spacial score (nSPS) is 11.8. The number of ether oxygens (including phenoxy) is 1. The summed E-state index contributed by atoms with van der Waals surface area (Å²) in [5.74, 6) is 0.227. The number of anilines is 2. The van der Waals surface area contributed by atoms with E-state index in [2.05, 4.69) is 5.32 Å². The van der Waals surface area contributed by atoms with Crippen molar-refractivity contribution in [3.63, 3.8) is 0 Å². The Hall–Kier alpha value is -2.20. The lowest BCUT2D eigenvalue weighted by molar-refractivity contribution is -0.122. The molecule has 3 N–H and O–H groups in total. The molecule has 4 nitrogen and oxygen atoms in total. The lowest BCUT2D eigenvalue weighted by atomic mass is 10.2. The van der Waals surface area contributed by atoms with Crippen LogP contribution in [0.3, 0.4) is 0 Å². The SMILES string of the molecule is Cc1ccc(Cl)c(OC(C)C(=O)Nc2cccc(N)c2)c1. The second-order valence-electron chi connectivity index (χ2n) is 4.81. The van der Waals surface area contributed by atoms with Gasteiger partial charge < -0.3 is 15.8 Å². The van der Waals surface area contributed by atoms with E-state index in [-0.39, 0.29) is 5.91 Å². The van der Waals surface area contributed by atoms with Crippen molar-refractivity contribution in [1.29, 1.82) is 0 Å². The maximum Gasteiger partial charge on any atom is 0.265 e. The maximum atomic E-state index is 12.1. The van der Waals surface area contributed by atoms with Crippen LogP contribution in [0, 0.1) is 6.92 Å². The molecule has 0 fully saturated rings. The van der Waals surface area contributed by atoms with Crippen LogP contribution < -0.4 is 15.8 Å². The third kappa shape index (κ3) is 4.13. The monoisotopic (exact) mass is 304 g/mol. The van der Waals surface area contributed by atoms with Gasteiger partial charge in [0.05, 0.1) is 5.02 Å². The first-order valence-electron chi connectivity index (χ1n) is 6.55. The zero-order valence-corrected chi connectivity index (χ0v) is 12.6. The molecule has 0 aliphatic carbocycles. The summed E-state index contributed by atoms with van der Waals surface area (Å²) in [5, 5.41) is 3.23. The topological polar surface area (TPSA) is 64.3 Å². The molecule has 0 bridgehead atoms. The molecule has 0 saturated carbocycles. The summed E-state index contributed by atoms with van der Waals surface area (Å²) in [6.45, 7) is 3.60. The number of carbonyl (C=O) groups is 1. The van der Waals surface area contributed by atoms with Crippen LogP contribution >= 0.6 is 11.6 Å². The van der Waals surface area contributed by atoms with E-state index in [9.17, 15) is 4.79 Å². The summed E-state index contributed by atoms with van der Waals surface area (Å²) in [6.07, 6.45) is -0.675. The largest absolute Gasteiger partial charge is 0.479 e. The molecule has 2 aromatic rings. The van der Waals surface area contributed by atoms with Gasteiger partial charge in [-0.25, -0.2) is 0 Å². The minimum absolute atomic E-state index is 0.266. The number of nitrogens with one attached hydrogen (secondary N) is 1. The summed E-state index contributed by atoms with van der Waals surface area (Å²) >= 11 is 6.05. The molecule has 1 amide bonds. The Balaban J connectivity index is 2.04. The lowest BCUT2D eigenvalue weighted by Crippen LogP contribution is -2.30. The van der Waals surface area contributed by atoms with Crippen molar-refractivity contribution in [2.45, 2.75) is 20.0 Å². The third-order valence-electron chi connectivity index (χ3n) is 2.91. The van der Waals surface area contributed by atoms with E-state index >= 15 is 0 Å². The molecule has 2 rings (SSSR count). The lowest BCUT2D eigenvalue weighted by Gasteiger charge is -2.16. The third-order valence-corrected chi connectivity index (χ3v) is 3.23. The van der Waals surface area contributed by atoms with Gasteiger partial charge in [0.1, 0.15) is 5.75 Å². The molecule has 2 aromatic carbocycles. The van der Waals surface area contributed by atoms with Crippen LogP contribution in [0.4, 0.5) is 11.4 Å². The maximum absolute atomic E-state index is 12.1. The standard InChI is InChI=1S/C16H17ClN2O2/c1-10-6-7-14(17)15(8-10)21-11(2)16(20)19-13-5-3-4-12(18)9-13/h3-9,11H,18H2,1-2H3,(H,19,20). The van der Waals surface area contributed by atoms with Gasteiger partial charge in [0.25, 0.3) is 5.91 Å². The van der Waals surface area contributed by atoms with Gasteiger partial charge in [-0.15, -0.1) is 0 Å². The number of halogens is 1. The Morgan fingerprint density at radius 2 is 2.05 bits per heavy atom. The van der Waals surface area contributed by atoms with Crippen LogP contribution in [0.15, 0.2) is 42.5 Å². The smallest absolute Gasteiger partial charge is 0.265 e. The first-order chi connectivity index (χ1) is 9.95. The summed E-state index contributed by atoms with van der Waals surface area (Å²) in [5.41, 5.74) is 7.90. The quantitative estimate of drug-likeness (QED) is 0.848. The van der Waals surface area contributed by atoms with Gasteiger partial charge in [-0.05, 0) is 49.7 Å². The van der Waals surface area contributed by atoms with Gasteiger partial charge in [0, 0.05) is 11.4 Å². The Kier molecular flexibility index (Phi) is 4.70. The van der Waals surface area contributed by atoms with Gasteiger partial charge in [-0.2, -0.15) is 0 Å². The summed E-state index contributed by atoms with van der Waals surface area (Å²) in [7, 11) is 0.